The molecule has 0 unspecified atom stereocenters. The summed E-state index contributed by atoms with van der Waals surface area (Å²) in [5, 5.41) is -1.20. The normalized spacial score (nSPS) is 10.5. The van der Waals surface area contributed by atoms with E-state index >= 15 is 0 Å². The lowest BCUT2D eigenvalue weighted by molar-refractivity contribution is 0.105. The highest BCUT2D eigenvalue weighted by atomic mass is 35.5. The first-order valence-electron chi connectivity index (χ1n) is 3.17. The van der Waals surface area contributed by atoms with Crippen LogP contribution in [0, 0.1) is 5.95 Å². The zero-order valence-corrected chi connectivity index (χ0v) is 6.86. The number of halogens is 4. The molecule has 70 valence electrons. The predicted molar refractivity (Wildman–Crippen MR) is 39.3 cm³/mol. The lowest BCUT2D eigenvalue weighted by atomic mass is 10.2. The van der Waals surface area contributed by atoms with Crippen molar-refractivity contribution in [2.45, 2.75) is 6.43 Å². The van der Waals surface area contributed by atoms with Crippen LogP contribution in [0.15, 0.2) is 12.1 Å². The van der Waals surface area contributed by atoms with Gasteiger partial charge in [-0.1, -0.05) is 0 Å². The molecule has 0 aliphatic heterocycles. The molecule has 0 atom stereocenters. The van der Waals surface area contributed by atoms with Crippen molar-refractivity contribution in [2.75, 3.05) is 0 Å². The molecule has 0 N–H and O–H groups in total. The fraction of sp³-hybridized carbons (Fsp3) is 0.143. The van der Waals surface area contributed by atoms with Gasteiger partial charge >= 0.3 is 0 Å². The van der Waals surface area contributed by atoms with Gasteiger partial charge in [-0.3, -0.25) is 4.79 Å². The van der Waals surface area contributed by atoms with Gasteiger partial charge in [0.25, 0.3) is 11.7 Å². The molecule has 1 aromatic heterocycles. The first-order valence-corrected chi connectivity index (χ1v) is 3.54. The monoisotopic (exact) mass is 209 g/mol. The van der Waals surface area contributed by atoms with Crippen LogP contribution in [-0.2, 0) is 0 Å². The second kappa shape index (κ2) is 3.74. The fourth-order valence-electron chi connectivity index (χ4n) is 0.780. The Hall–Kier alpha value is -1.10. The van der Waals surface area contributed by atoms with Gasteiger partial charge in [0.15, 0.2) is 0 Å². The summed E-state index contributed by atoms with van der Waals surface area (Å²) < 4.78 is 36.7. The summed E-state index contributed by atoms with van der Waals surface area (Å²) in [5.41, 5.74) is -1.40. The van der Waals surface area contributed by atoms with Gasteiger partial charge < -0.3 is 0 Å². The molecule has 1 heterocycles. The summed E-state index contributed by atoms with van der Waals surface area (Å²) in [6.07, 6.45) is -2.90. The number of rotatable bonds is 2. The summed E-state index contributed by atoms with van der Waals surface area (Å²) in [5.74, 6) is -1.02. The van der Waals surface area contributed by atoms with Crippen LogP contribution in [0.25, 0.3) is 0 Å². The maximum Gasteiger partial charge on any atom is 0.271 e. The average Bonchev–Trinajstić information content (AvgIpc) is 2.03. The third-order valence-electron chi connectivity index (χ3n) is 1.31. The number of alkyl halides is 2. The van der Waals surface area contributed by atoms with Crippen LogP contribution < -0.4 is 0 Å². The van der Waals surface area contributed by atoms with E-state index in [1.165, 1.54) is 0 Å². The van der Waals surface area contributed by atoms with E-state index in [2.05, 4.69) is 4.98 Å². The molecule has 6 heteroatoms. The molecular weight excluding hydrogens is 207 g/mol. The largest absolute Gasteiger partial charge is 0.274 e. The van der Waals surface area contributed by atoms with Gasteiger partial charge in [-0.05, 0) is 23.7 Å². The number of aromatic nitrogens is 1. The number of carbonyl (C=O) groups is 1. The van der Waals surface area contributed by atoms with Crippen LogP contribution in [0.1, 0.15) is 22.5 Å². The topological polar surface area (TPSA) is 30.0 Å². The van der Waals surface area contributed by atoms with Crippen LogP contribution in [0.2, 0.25) is 0 Å². The molecule has 1 rings (SSSR count). The molecule has 1 aromatic rings. The van der Waals surface area contributed by atoms with Crippen molar-refractivity contribution in [3.05, 3.63) is 29.3 Å². The van der Waals surface area contributed by atoms with Crippen molar-refractivity contribution in [1.82, 2.24) is 4.98 Å². The second-order valence-electron chi connectivity index (χ2n) is 2.15. The predicted octanol–water partition coefficient (Wildman–Crippen LogP) is 2.54. The highest BCUT2D eigenvalue weighted by Gasteiger charge is 2.19. The van der Waals surface area contributed by atoms with Crippen LogP contribution >= 0.6 is 11.6 Å². The third kappa shape index (κ3) is 2.18. The standard InChI is InChI=1S/C7H3ClF3NO/c8-6(13)5-3(7(10)11)1-2-4(9)12-5/h1-2,7H. The lowest BCUT2D eigenvalue weighted by Gasteiger charge is -2.02. The average molecular weight is 210 g/mol. The molecule has 0 spiro atoms. The van der Waals surface area contributed by atoms with E-state index in [1.54, 1.807) is 0 Å². The Bertz CT molecular complexity index is 343. The van der Waals surface area contributed by atoms with E-state index in [0.717, 1.165) is 12.1 Å². The number of carbonyl (C=O) groups excluding carboxylic acids is 1. The molecular formula is C7H3ClF3NO. The van der Waals surface area contributed by atoms with Gasteiger partial charge in [0.2, 0.25) is 5.95 Å². The van der Waals surface area contributed by atoms with Crippen LogP contribution in [-0.4, -0.2) is 10.2 Å². The smallest absolute Gasteiger partial charge is 0.271 e. The van der Waals surface area contributed by atoms with E-state index in [9.17, 15) is 18.0 Å². The van der Waals surface area contributed by atoms with Gasteiger partial charge in [0.05, 0.1) is 0 Å². The fourth-order valence-corrected chi connectivity index (χ4v) is 0.931. The van der Waals surface area contributed by atoms with E-state index in [-0.39, 0.29) is 0 Å². The first-order chi connectivity index (χ1) is 6.02. The van der Waals surface area contributed by atoms with Crippen molar-refractivity contribution in [2.24, 2.45) is 0 Å². The van der Waals surface area contributed by atoms with Crippen molar-refractivity contribution in [3.8, 4) is 0 Å². The highest BCUT2D eigenvalue weighted by molar-refractivity contribution is 6.67. The molecule has 0 radical (unpaired) electrons. The van der Waals surface area contributed by atoms with Gasteiger partial charge in [-0.25, -0.2) is 13.8 Å². The van der Waals surface area contributed by atoms with Gasteiger partial charge in [0.1, 0.15) is 5.69 Å². The molecule has 0 aliphatic carbocycles. The number of nitrogens with zero attached hydrogens (tertiary/aromatic N) is 1. The molecule has 13 heavy (non-hydrogen) atoms. The summed E-state index contributed by atoms with van der Waals surface area (Å²) >= 11 is 4.92. The second-order valence-corrected chi connectivity index (χ2v) is 2.49. The molecule has 0 amide bonds. The van der Waals surface area contributed by atoms with Crippen LogP contribution in [0.5, 0.6) is 0 Å². The lowest BCUT2D eigenvalue weighted by Crippen LogP contribution is -2.03. The number of hydrogen-bond donors (Lipinski definition) is 0. The van der Waals surface area contributed by atoms with Crippen molar-refractivity contribution in [3.63, 3.8) is 0 Å². The first kappa shape index (κ1) is 9.98. The minimum absolute atomic E-state index is 0.665. The summed E-state index contributed by atoms with van der Waals surface area (Å²) in [6.45, 7) is 0. The Balaban J connectivity index is 3.27. The molecule has 0 bridgehead atoms. The van der Waals surface area contributed by atoms with E-state index in [4.69, 9.17) is 11.6 Å². The Morgan fingerprint density at radius 1 is 1.46 bits per heavy atom. The molecule has 0 aromatic carbocycles. The Morgan fingerprint density at radius 2 is 2.08 bits per heavy atom. The van der Waals surface area contributed by atoms with Crippen molar-refractivity contribution < 1.29 is 18.0 Å². The minimum atomic E-state index is -2.90. The molecule has 0 aliphatic rings. The third-order valence-corrected chi connectivity index (χ3v) is 1.49. The molecule has 0 fully saturated rings. The quantitative estimate of drug-likeness (QED) is 0.553. The Labute approximate surface area is 76.3 Å². The summed E-state index contributed by atoms with van der Waals surface area (Å²) in [4.78, 5) is 13.5. The summed E-state index contributed by atoms with van der Waals surface area (Å²) in [6, 6.07) is 1.52. The number of pyridine rings is 1. The van der Waals surface area contributed by atoms with Gasteiger partial charge in [-0.2, -0.15) is 4.39 Å². The summed E-state index contributed by atoms with van der Waals surface area (Å²) in [7, 11) is 0. The minimum Gasteiger partial charge on any atom is -0.274 e. The highest BCUT2D eigenvalue weighted by Crippen LogP contribution is 2.22. The zero-order chi connectivity index (χ0) is 10.0. The SMILES string of the molecule is O=C(Cl)c1nc(F)ccc1C(F)F. The van der Waals surface area contributed by atoms with E-state index in [0.29, 0.717) is 0 Å². The molecule has 2 nitrogen and oxygen atoms in total. The van der Waals surface area contributed by atoms with Crippen LogP contribution in [0.4, 0.5) is 13.2 Å². The molecule has 0 saturated heterocycles. The van der Waals surface area contributed by atoms with Gasteiger partial charge in [-0.15, -0.1) is 0 Å². The van der Waals surface area contributed by atoms with Crippen molar-refractivity contribution >= 4 is 16.8 Å². The molecule has 0 saturated carbocycles. The number of hydrogen-bond acceptors (Lipinski definition) is 2. The zero-order valence-electron chi connectivity index (χ0n) is 6.10. The maximum absolute atomic E-state index is 12.4. The Morgan fingerprint density at radius 3 is 2.54 bits per heavy atom. The van der Waals surface area contributed by atoms with Gasteiger partial charge in [0, 0.05) is 5.56 Å². The van der Waals surface area contributed by atoms with E-state index in [1.807, 2.05) is 0 Å². The van der Waals surface area contributed by atoms with E-state index < -0.39 is 28.9 Å². The maximum atomic E-state index is 12.4. The van der Waals surface area contributed by atoms with Crippen molar-refractivity contribution in [1.29, 1.82) is 0 Å². The Kier molecular flexibility index (Phi) is 2.87. The van der Waals surface area contributed by atoms with Crippen LogP contribution in [0.3, 0.4) is 0 Å².